The second-order valence-electron chi connectivity index (χ2n) is 3.92. The number of benzene rings is 2. The molecule has 19 heavy (non-hydrogen) atoms. The highest BCUT2D eigenvalue weighted by atomic mass is 32.2. The summed E-state index contributed by atoms with van der Waals surface area (Å²) in [5.74, 6) is -0.781. The van der Waals surface area contributed by atoms with Crippen LogP contribution in [0.2, 0.25) is 0 Å². The molecule has 0 radical (unpaired) electrons. The summed E-state index contributed by atoms with van der Waals surface area (Å²) in [4.78, 5) is 1.92. The summed E-state index contributed by atoms with van der Waals surface area (Å²) >= 11 is 0. The molecule has 0 heterocycles. The van der Waals surface area contributed by atoms with Gasteiger partial charge in [-0.15, -0.1) is 4.83 Å². The molecule has 0 fully saturated rings. The zero-order valence-corrected chi connectivity index (χ0v) is 11.1. The summed E-state index contributed by atoms with van der Waals surface area (Å²) in [5, 5.41) is 1.32. The van der Waals surface area contributed by atoms with Gasteiger partial charge in [-0.1, -0.05) is 30.3 Å². The van der Waals surface area contributed by atoms with Crippen molar-refractivity contribution < 1.29 is 12.8 Å². The molecule has 0 aliphatic heterocycles. The van der Waals surface area contributed by atoms with Crippen molar-refractivity contribution in [2.75, 3.05) is 12.1 Å². The number of hydrazine groups is 1. The Balaban J connectivity index is 2.26. The van der Waals surface area contributed by atoms with E-state index in [1.54, 1.807) is 31.3 Å². The Labute approximate surface area is 111 Å². The van der Waals surface area contributed by atoms with Crippen molar-refractivity contribution in [2.24, 2.45) is 0 Å². The smallest absolute Gasteiger partial charge is 0.260 e. The second kappa shape index (κ2) is 5.38. The molecule has 2 aromatic carbocycles. The molecule has 0 aliphatic carbocycles. The lowest BCUT2D eigenvalue weighted by atomic mass is 10.3. The lowest BCUT2D eigenvalue weighted by molar-refractivity contribution is 0.556. The number of rotatable bonds is 4. The fourth-order valence-electron chi connectivity index (χ4n) is 1.60. The van der Waals surface area contributed by atoms with Crippen LogP contribution in [0.25, 0.3) is 0 Å². The number of anilines is 1. The number of hydrogen-bond donors (Lipinski definition) is 1. The Hall–Kier alpha value is -1.92. The van der Waals surface area contributed by atoms with Crippen LogP contribution in [0.4, 0.5) is 10.1 Å². The van der Waals surface area contributed by atoms with E-state index in [0.29, 0.717) is 5.69 Å². The number of sulfonamides is 1. The lowest BCUT2D eigenvalue weighted by Gasteiger charge is -2.20. The predicted molar refractivity (Wildman–Crippen MR) is 71.6 cm³/mol. The van der Waals surface area contributed by atoms with Crippen LogP contribution in [0.5, 0.6) is 0 Å². The minimum atomic E-state index is -3.94. The van der Waals surface area contributed by atoms with Gasteiger partial charge in [0.05, 0.1) is 5.69 Å². The van der Waals surface area contributed by atoms with Crippen molar-refractivity contribution in [3.05, 3.63) is 60.4 Å². The lowest BCUT2D eigenvalue weighted by Crippen LogP contribution is -2.39. The highest BCUT2D eigenvalue weighted by molar-refractivity contribution is 7.89. The first kappa shape index (κ1) is 13.5. The number of nitrogens with one attached hydrogen (secondary N) is 1. The highest BCUT2D eigenvalue weighted by Gasteiger charge is 2.20. The van der Waals surface area contributed by atoms with Gasteiger partial charge in [0.2, 0.25) is 0 Å². The molecule has 0 spiro atoms. The summed E-state index contributed by atoms with van der Waals surface area (Å²) in [6.07, 6.45) is 0. The van der Waals surface area contributed by atoms with Crippen LogP contribution in [0.3, 0.4) is 0 Å². The van der Waals surface area contributed by atoms with E-state index in [1.807, 2.05) is 6.07 Å². The molecule has 2 rings (SSSR count). The summed E-state index contributed by atoms with van der Waals surface area (Å²) < 4.78 is 37.6. The van der Waals surface area contributed by atoms with Crippen LogP contribution >= 0.6 is 0 Å². The van der Waals surface area contributed by atoms with Gasteiger partial charge in [0, 0.05) is 7.05 Å². The molecule has 0 aliphatic rings. The maximum Gasteiger partial charge on any atom is 0.260 e. The molecule has 0 atom stereocenters. The average molecular weight is 280 g/mol. The van der Waals surface area contributed by atoms with E-state index in [9.17, 15) is 12.8 Å². The molecule has 2 aromatic rings. The monoisotopic (exact) mass is 280 g/mol. The maximum atomic E-state index is 13.5. The molecule has 0 saturated carbocycles. The van der Waals surface area contributed by atoms with Crippen molar-refractivity contribution in [1.29, 1.82) is 0 Å². The second-order valence-corrected chi connectivity index (χ2v) is 5.55. The molecule has 100 valence electrons. The zero-order valence-electron chi connectivity index (χ0n) is 10.2. The standard InChI is InChI=1S/C13H13FN2O2S/c1-16(11-7-3-2-4-8-11)15-19(17,18)13-10-6-5-9-12(13)14/h2-10,15H,1H3. The highest BCUT2D eigenvalue weighted by Crippen LogP contribution is 2.15. The Morgan fingerprint density at radius 1 is 1.00 bits per heavy atom. The molecular formula is C13H13FN2O2S. The molecule has 4 nitrogen and oxygen atoms in total. The molecule has 0 aromatic heterocycles. The summed E-state index contributed by atoms with van der Waals surface area (Å²) in [5.41, 5.74) is 0.655. The van der Waals surface area contributed by atoms with Gasteiger partial charge < -0.3 is 0 Å². The SMILES string of the molecule is CN(NS(=O)(=O)c1ccccc1F)c1ccccc1. The van der Waals surface area contributed by atoms with Crippen molar-refractivity contribution in [1.82, 2.24) is 4.83 Å². The van der Waals surface area contributed by atoms with Crippen LogP contribution < -0.4 is 9.84 Å². The first-order valence-corrected chi connectivity index (χ1v) is 7.05. The third kappa shape index (κ3) is 3.10. The van der Waals surface area contributed by atoms with Gasteiger partial charge >= 0.3 is 0 Å². The summed E-state index contributed by atoms with van der Waals surface area (Å²) in [6, 6.07) is 14.1. The topological polar surface area (TPSA) is 49.4 Å². The van der Waals surface area contributed by atoms with Crippen LogP contribution in [-0.4, -0.2) is 15.5 Å². The van der Waals surface area contributed by atoms with Gasteiger partial charge in [0.25, 0.3) is 10.0 Å². The van der Waals surface area contributed by atoms with Crippen molar-refractivity contribution in [3.63, 3.8) is 0 Å². The maximum absolute atomic E-state index is 13.5. The summed E-state index contributed by atoms with van der Waals surface area (Å²) in [7, 11) is -2.39. The number of halogens is 1. The van der Waals surface area contributed by atoms with Crippen LogP contribution in [0, 0.1) is 5.82 Å². The molecular weight excluding hydrogens is 267 g/mol. The van der Waals surface area contributed by atoms with Crippen molar-refractivity contribution in [2.45, 2.75) is 4.90 Å². The van der Waals surface area contributed by atoms with E-state index in [4.69, 9.17) is 0 Å². The average Bonchev–Trinajstić information content (AvgIpc) is 2.39. The molecule has 0 unspecified atom stereocenters. The fourth-order valence-corrected chi connectivity index (χ4v) is 2.74. The van der Waals surface area contributed by atoms with Gasteiger partial charge in [-0.3, -0.25) is 5.01 Å². The molecule has 0 saturated heterocycles. The van der Waals surface area contributed by atoms with Gasteiger partial charge in [-0.25, -0.2) is 12.8 Å². The minimum Gasteiger partial charge on any atom is -0.298 e. The Morgan fingerprint density at radius 3 is 2.21 bits per heavy atom. The first-order valence-electron chi connectivity index (χ1n) is 5.56. The van der Waals surface area contributed by atoms with Crippen molar-refractivity contribution >= 4 is 15.7 Å². The van der Waals surface area contributed by atoms with E-state index < -0.39 is 15.8 Å². The van der Waals surface area contributed by atoms with Gasteiger partial charge in [0.1, 0.15) is 10.7 Å². The number of para-hydroxylation sites is 1. The van der Waals surface area contributed by atoms with E-state index in [0.717, 1.165) is 6.07 Å². The van der Waals surface area contributed by atoms with Crippen LogP contribution in [-0.2, 0) is 10.0 Å². The quantitative estimate of drug-likeness (QED) is 0.873. The fraction of sp³-hybridized carbons (Fsp3) is 0.0769. The van der Waals surface area contributed by atoms with Gasteiger partial charge in [0.15, 0.2) is 0 Å². The number of hydrogen-bond acceptors (Lipinski definition) is 3. The largest absolute Gasteiger partial charge is 0.298 e. The molecule has 1 N–H and O–H groups in total. The van der Waals surface area contributed by atoms with Gasteiger partial charge in [-0.2, -0.15) is 0 Å². The van der Waals surface area contributed by atoms with E-state index in [-0.39, 0.29) is 4.90 Å². The zero-order chi connectivity index (χ0) is 13.9. The van der Waals surface area contributed by atoms with Crippen molar-refractivity contribution in [3.8, 4) is 0 Å². The molecule has 6 heteroatoms. The normalized spacial score (nSPS) is 11.3. The third-order valence-electron chi connectivity index (χ3n) is 2.53. The first-order chi connectivity index (χ1) is 9.00. The predicted octanol–water partition coefficient (Wildman–Crippen LogP) is 2.16. The Kier molecular flexibility index (Phi) is 3.82. The van der Waals surface area contributed by atoms with Crippen LogP contribution in [0.15, 0.2) is 59.5 Å². The number of nitrogens with zero attached hydrogens (tertiary/aromatic N) is 1. The summed E-state index contributed by atoms with van der Waals surface area (Å²) in [6.45, 7) is 0. The Morgan fingerprint density at radius 2 is 1.58 bits per heavy atom. The Bertz CT molecular complexity index is 659. The minimum absolute atomic E-state index is 0.377. The van der Waals surface area contributed by atoms with E-state index in [2.05, 4.69) is 4.83 Å². The molecule has 0 bridgehead atoms. The third-order valence-corrected chi connectivity index (χ3v) is 3.95. The van der Waals surface area contributed by atoms with E-state index >= 15 is 0 Å². The molecule has 0 amide bonds. The van der Waals surface area contributed by atoms with Crippen LogP contribution in [0.1, 0.15) is 0 Å². The van der Waals surface area contributed by atoms with E-state index in [1.165, 1.54) is 23.2 Å². The van der Waals surface area contributed by atoms with Gasteiger partial charge in [-0.05, 0) is 24.3 Å².